The molecule has 0 aromatic heterocycles. The second kappa shape index (κ2) is 8.23. The number of rotatable bonds is 4. The van der Waals surface area contributed by atoms with Gasteiger partial charge in [0, 0.05) is 30.2 Å². The highest BCUT2D eigenvalue weighted by molar-refractivity contribution is 7.80. The molecule has 2 aromatic rings. The first-order valence-electron chi connectivity index (χ1n) is 9.72. The second-order valence-electron chi connectivity index (χ2n) is 7.48. The Labute approximate surface area is 183 Å². The van der Waals surface area contributed by atoms with Crippen molar-refractivity contribution < 1.29 is 9.85 Å². The molecule has 1 aliphatic heterocycles. The van der Waals surface area contributed by atoms with E-state index in [1.165, 1.54) is 24.3 Å². The Bertz CT molecular complexity index is 1110. The number of thiocarbonyl (C=S) groups is 1. The zero-order valence-electron chi connectivity index (χ0n) is 16.4. The highest BCUT2D eigenvalue weighted by atomic mass is 32.1. The van der Waals surface area contributed by atoms with Crippen molar-refractivity contribution in [2.75, 3.05) is 0 Å². The molecule has 2 N–H and O–H groups in total. The van der Waals surface area contributed by atoms with E-state index in [-0.39, 0.29) is 28.4 Å². The normalized spacial score (nSPS) is 21.5. The third kappa shape index (κ3) is 4.02. The zero-order chi connectivity index (χ0) is 22.1. The highest BCUT2D eigenvalue weighted by Gasteiger charge is 2.42. The SMILES string of the molecule is NC(=S)N1N=C2/C(=C/c3ccc([N+](=O)[O-])cc3)CCCC2C1c1ccc([N+](=O)[O-])cc1. The first-order valence-corrected chi connectivity index (χ1v) is 10.1. The monoisotopic (exact) mass is 437 g/mol. The molecule has 31 heavy (non-hydrogen) atoms. The number of fused-ring (bicyclic) bond motifs is 1. The Morgan fingerprint density at radius 2 is 1.65 bits per heavy atom. The Hall–Kier alpha value is -3.66. The summed E-state index contributed by atoms with van der Waals surface area (Å²) in [6.07, 6.45) is 4.64. The summed E-state index contributed by atoms with van der Waals surface area (Å²) in [5.74, 6) is 0.0426. The van der Waals surface area contributed by atoms with Crippen molar-refractivity contribution in [3.63, 3.8) is 0 Å². The Balaban J connectivity index is 1.68. The Morgan fingerprint density at radius 1 is 1.06 bits per heavy atom. The van der Waals surface area contributed by atoms with Gasteiger partial charge in [0.2, 0.25) is 0 Å². The second-order valence-corrected chi connectivity index (χ2v) is 7.90. The minimum Gasteiger partial charge on any atom is -0.375 e. The molecule has 0 spiro atoms. The molecule has 1 fully saturated rings. The molecule has 1 heterocycles. The van der Waals surface area contributed by atoms with Gasteiger partial charge in [0.05, 0.1) is 21.6 Å². The summed E-state index contributed by atoms with van der Waals surface area (Å²) in [4.78, 5) is 21.0. The van der Waals surface area contributed by atoms with Crippen molar-refractivity contribution in [1.29, 1.82) is 0 Å². The molecule has 1 aliphatic carbocycles. The fraction of sp³-hybridized carbons (Fsp3) is 0.238. The fourth-order valence-corrected chi connectivity index (χ4v) is 4.36. The standard InChI is InChI=1S/C21H19N5O4S/c22-21(31)24-20(14-6-10-17(11-7-14)26(29)30)18-3-1-2-15(19(18)23-24)12-13-4-8-16(9-5-13)25(27)28/h4-12,18,20H,1-3H2,(H2,22,31)/b15-12+. The molecular weight excluding hydrogens is 418 g/mol. The van der Waals surface area contributed by atoms with Crippen molar-refractivity contribution in [2.45, 2.75) is 25.3 Å². The van der Waals surface area contributed by atoms with Gasteiger partial charge in [-0.3, -0.25) is 20.2 Å². The lowest BCUT2D eigenvalue weighted by atomic mass is 9.77. The molecular formula is C21H19N5O4S. The van der Waals surface area contributed by atoms with Crippen LogP contribution in [0.4, 0.5) is 11.4 Å². The molecule has 1 saturated carbocycles. The van der Waals surface area contributed by atoms with E-state index in [0.717, 1.165) is 41.7 Å². The lowest BCUT2D eigenvalue weighted by molar-refractivity contribution is -0.385. The molecule has 158 valence electrons. The van der Waals surface area contributed by atoms with E-state index in [0.29, 0.717) is 0 Å². The zero-order valence-corrected chi connectivity index (χ0v) is 17.2. The highest BCUT2D eigenvalue weighted by Crippen LogP contribution is 2.44. The van der Waals surface area contributed by atoms with Gasteiger partial charge in [0.15, 0.2) is 5.11 Å². The molecule has 0 bridgehead atoms. The average molecular weight is 437 g/mol. The summed E-state index contributed by atoms with van der Waals surface area (Å²) in [6, 6.07) is 12.5. The van der Waals surface area contributed by atoms with Gasteiger partial charge >= 0.3 is 0 Å². The van der Waals surface area contributed by atoms with E-state index < -0.39 is 9.85 Å². The van der Waals surface area contributed by atoms with E-state index in [4.69, 9.17) is 23.1 Å². The van der Waals surface area contributed by atoms with Crippen molar-refractivity contribution in [3.05, 3.63) is 85.5 Å². The van der Waals surface area contributed by atoms with Gasteiger partial charge in [0.25, 0.3) is 11.4 Å². The van der Waals surface area contributed by atoms with Crippen LogP contribution in [0.5, 0.6) is 0 Å². The van der Waals surface area contributed by atoms with Gasteiger partial charge in [-0.05, 0) is 66.4 Å². The van der Waals surface area contributed by atoms with Crippen LogP contribution in [-0.4, -0.2) is 25.7 Å². The third-order valence-electron chi connectivity index (χ3n) is 5.62. The van der Waals surface area contributed by atoms with E-state index in [1.54, 1.807) is 29.3 Å². The maximum absolute atomic E-state index is 11.0. The molecule has 0 amide bonds. The Kier molecular flexibility index (Phi) is 5.47. The molecule has 0 radical (unpaired) electrons. The largest absolute Gasteiger partial charge is 0.375 e. The number of nitro benzene ring substituents is 2. The summed E-state index contributed by atoms with van der Waals surface area (Å²) in [5, 5.41) is 28.4. The lowest BCUT2D eigenvalue weighted by Crippen LogP contribution is -2.34. The predicted octanol–water partition coefficient (Wildman–Crippen LogP) is 4.34. The predicted molar refractivity (Wildman–Crippen MR) is 120 cm³/mol. The van der Waals surface area contributed by atoms with Crippen LogP contribution < -0.4 is 5.73 Å². The lowest BCUT2D eigenvalue weighted by Gasteiger charge is -2.29. The maximum atomic E-state index is 11.0. The van der Waals surface area contributed by atoms with E-state index in [2.05, 4.69) is 0 Å². The number of nitrogens with zero attached hydrogens (tertiary/aromatic N) is 4. The van der Waals surface area contributed by atoms with Gasteiger partial charge in [0.1, 0.15) is 0 Å². The summed E-state index contributed by atoms with van der Waals surface area (Å²) < 4.78 is 0. The molecule has 2 atom stereocenters. The maximum Gasteiger partial charge on any atom is 0.269 e. The summed E-state index contributed by atoms with van der Waals surface area (Å²) in [6.45, 7) is 0. The van der Waals surface area contributed by atoms with E-state index in [1.807, 2.05) is 6.08 Å². The smallest absolute Gasteiger partial charge is 0.269 e. The quantitative estimate of drug-likeness (QED) is 0.428. The van der Waals surface area contributed by atoms with E-state index in [9.17, 15) is 20.2 Å². The first kappa shape index (κ1) is 20.6. The van der Waals surface area contributed by atoms with Gasteiger partial charge in [-0.1, -0.05) is 12.1 Å². The van der Waals surface area contributed by atoms with Gasteiger partial charge in [-0.25, -0.2) is 5.01 Å². The number of nitrogens with two attached hydrogens (primary N) is 1. The van der Waals surface area contributed by atoms with Crippen molar-refractivity contribution >= 4 is 40.5 Å². The van der Waals surface area contributed by atoms with Crippen molar-refractivity contribution in [3.8, 4) is 0 Å². The number of hydrazone groups is 1. The van der Waals surface area contributed by atoms with Crippen LogP contribution in [0.2, 0.25) is 0 Å². The molecule has 4 rings (SSSR count). The molecule has 10 heteroatoms. The number of non-ortho nitro benzene ring substituents is 2. The van der Waals surface area contributed by atoms with Crippen molar-refractivity contribution in [2.24, 2.45) is 16.8 Å². The summed E-state index contributed by atoms with van der Waals surface area (Å²) in [5.41, 5.74) is 9.66. The van der Waals surface area contributed by atoms with Crippen LogP contribution >= 0.6 is 12.2 Å². The van der Waals surface area contributed by atoms with Gasteiger partial charge in [-0.2, -0.15) is 5.10 Å². The third-order valence-corrected chi connectivity index (χ3v) is 5.80. The fourth-order valence-electron chi connectivity index (χ4n) is 4.20. The molecule has 2 aliphatic rings. The van der Waals surface area contributed by atoms with E-state index >= 15 is 0 Å². The number of allylic oxidation sites excluding steroid dienone is 1. The molecule has 2 unspecified atom stereocenters. The summed E-state index contributed by atoms with van der Waals surface area (Å²) in [7, 11) is 0. The summed E-state index contributed by atoms with van der Waals surface area (Å²) >= 11 is 5.23. The minimum atomic E-state index is -0.433. The van der Waals surface area contributed by atoms with Crippen LogP contribution in [0.15, 0.2) is 59.2 Å². The van der Waals surface area contributed by atoms with Crippen LogP contribution in [0.1, 0.15) is 36.4 Å². The Morgan fingerprint density at radius 3 is 2.19 bits per heavy atom. The minimum absolute atomic E-state index is 0.0205. The molecule has 0 saturated heterocycles. The van der Waals surface area contributed by atoms with Gasteiger partial charge < -0.3 is 5.73 Å². The number of hydrogen-bond donors (Lipinski definition) is 1. The number of benzene rings is 2. The van der Waals surface area contributed by atoms with Gasteiger partial charge in [-0.15, -0.1) is 0 Å². The molecule has 2 aromatic carbocycles. The average Bonchev–Trinajstić information content (AvgIpc) is 3.15. The van der Waals surface area contributed by atoms with Crippen LogP contribution in [0.3, 0.4) is 0 Å². The topological polar surface area (TPSA) is 128 Å². The number of hydrogen-bond acceptors (Lipinski definition) is 6. The van der Waals surface area contributed by atoms with Crippen LogP contribution in [-0.2, 0) is 0 Å². The first-order chi connectivity index (χ1) is 14.8. The van der Waals surface area contributed by atoms with Crippen LogP contribution in [0.25, 0.3) is 6.08 Å². The van der Waals surface area contributed by atoms with Crippen molar-refractivity contribution in [1.82, 2.24) is 5.01 Å². The van der Waals surface area contributed by atoms with Crippen LogP contribution in [0, 0.1) is 26.1 Å². The molecule has 9 nitrogen and oxygen atoms in total. The number of nitro groups is 2.